The first-order valence-corrected chi connectivity index (χ1v) is 4.89. The van der Waals surface area contributed by atoms with Crippen LogP contribution in [0.25, 0.3) is 0 Å². The quantitative estimate of drug-likeness (QED) is 0.702. The van der Waals surface area contributed by atoms with E-state index in [2.05, 4.69) is 25.9 Å². The number of fused-ring (bicyclic) bond motifs is 1. The molecule has 2 amide bonds. The van der Waals surface area contributed by atoms with Gasteiger partial charge in [-0.15, -0.1) is 0 Å². The van der Waals surface area contributed by atoms with Crippen molar-refractivity contribution in [3.8, 4) is 0 Å². The fourth-order valence-electron chi connectivity index (χ4n) is 1.51. The Kier molecular flexibility index (Phi) is 1.95. The van der Waals surface area contributed by atoms with E-state index in [1.807, 2.05) is 0 Å². The number of likely N-dealkylation sites (N-methyl/N-ethyl adjacent to an activating group) is 1. The zero-order chi connectivity index (χ0) is 10.5. The molecule has 14 heavy (non-hydrogen) atoms. The van der Waals surface area contributed by atoms with Gasteiger partial charge in [0.1, 0.15) is 0 Å². The molecule has 0 aromatic carbocycles. The number of carbonyl (C=O) groups is 2. The van der Waals surface area contributed by atoms with Gasteiger partial charge >= 0.3 is 0 Å². The summed E-state index contributed by atoms with van der Waals surface area (Å²) >= 11 is 3.14. The van der Waals surface area contributed by atoms with Gasteiger partial charge in [0.2, 0.25) is 5.91 Å². The second kappa shape index (κ2) is 2.91. The van der Waals surface area contributed by atoms with Gasteiger partial charge in [0.25, 0.3) is 5.91 Å². The van der Waals surface area contributed by atoms with E-state index in [0.717, 1.165) is 4.90 Å². The summed E-state index contributed by atoms with van der Waals surface area (Å²) in [4.78, 5) is 31.1. The summed E-state index contributed by atoms with van der Waals surface area (Å²) in [6.45, 7) is 1.74. The number of imidazole rings is 1. The van der Waals surface area contributed by atoms with Gasteiger partial charge in [-0.1, -0.05) is 0 Å². The van der Waals surface area contributed by atoms with Crippen molar-refractivity contribution in [2.75, 3.05) is 7.05 Å². The average Bonchev–Trinajstić information content (AvgIpc) is 2.54. The molecule has 5 nitrogen and oxygen atoms in total. The normalized spacial score (nSPS) is 21.4. The fourth-order valence-corrected chi connectivity index (χ4v) is 1.90. The third-order valence-electron chi connectivity index (χ3n) is 2.34. The van der Waals surface area contributed by atoms with Crippen molar-refractivity contribution in [3.63, 3.8) is 0 Å². The molecule has 1 aliphatic heterocycles. The number of aromatic amines is 1. The van der Waals surface area contributed by atoms with Crippen LogP contribution in [0.15, 0.2) is 4.73 Å². The predicted molar refractivity (Wildman–Crippen MR) is 51.8 cm³/mol. The van der Waals surface area contributed by atoms with E-state index >= 15 is 0 Å². The fraction of sp³-hybridized carbons (Fsp3) is 0.375. The molecular weight excluding hydrogens is 250 g/mol. The molecule has 1 aromatic rings. The molecule has 0 fully saturated rings. The van der Waals surface area contributed by atoms with Gasteiger partial charge in [-0.3, -0.25) is 14.5 Å². The molecule has 0 saturated heterocycles. The maximum absolute atomic E-state index is 11.6. The molecule has 0 saturated carbocycles. The zero-order valence-electron chi connectivity index (χ0n) is 7.67. The number of rotatable bonds is 0. The standard InChI is InChI=1S/C8H8BrN3O2/c1-3-4-5(11-8(9)10-4)7(14)12(2)6(3)13/h3H,1-2H3,(H,10,11). The van der Waals surface area contributed by atoms with Crippen LogP contribution < -0.4 is 0 Å². The van der Waals surface area contributed by atoms with E-state index in [4.69, 9.17) is 0 Å². The number of nitrogens with zero attached hydrogens (tertiary/aromatic N) is 2. The minimum absolute atomic E-state index is 0.210. The highest BCUT2D eigenvalue weighted by atomic mass is 79.9. The van der Waals surface area contributed by atoms with E-state index in [0.29, 0.717) is 16.1 Å². The maximum atomic E-state index is 11.6. The lowest BCUT2D eigenvalue weighted by Gasteiger charge is -2.24. The van der Waals surface area contributed by atoms with Crippen molar-refractivity contribution in [2.45, 2.75) is 12.8 Å². The molecule has 0 aliphatic carbocycles. The molecule has 1 aliphatic rings. The molecular formula is C8H8BrN3O2. The molecule has 6 heteroatoms. The predicted octanol–water partition coefficient (Wildman–Crippen LogP) is 0.888. The van der Waals surface area contributed by atoms with Crippen molar-refractivity contribution in [1.82, 2.24) is 14.9 Å². The molecule has 1 atom stereocenters. The monoisotopic (exact) mass is 257 g/mol. The van der Waals surface area contributed by atoms with Crippen molar-refractivity contribution < 1.29 is 9.59 Å². The van der Waals surface area contributed by atoms with Crippen molar-refractivity contribution in [1.29, 1.82) is 0 Å². The Bertz CT molecular complexity index is 426. The van der Waals surface area contributed by atoms with Gasteiger partial charge in [0.15, 0.2) is 10.4 Å². The van der Waals surface area contributed by atoms with Crippen molar-refractivity contribution in [3.05, 3.63) is 16.1 Å². The number of hydrogen-bond acceptors (Lipinski definition) is 3. The second-order valence-corrected chi connectivity index (χ2v) is 3.97. The van der Waals surface area contributed by atoms with E-state index in [1.165, 1.54) is 7.05 Å². The minimum atomic E-state index is -0.356. The smallest absolute Gasteiger partial charge is 0.280 e. The number of hydrogen-bond donors (Lipinski definition) is 1. The Morgan fingerprint density at radius 3 is 2.79 bits per heavy atom. The summed E-state index contributed by atoms with van der Waals surface area (Å²) in [7, 11) is 1.46. The molecule has 2 rings (SSSR count). The Balaban J connectivity index is 2.61. The lowest BCUT2D eigenvalue weighted by atomic mass is 10.00. The number of halogens is 1. The Hall–Kier alpha value is -1.17. The van der Waals surface area contributed by atoms with Gasteiger partial charge in [-0.2, -0.15) is 0 Å². The first kappa shape index (κ1) is 9.39. The molecule has 74 valence electrons. The van der Waals surface area contributed by atoms with Crippen LogP contribution in [0.1, 0.15) is 29.0 Å². The number of carbonyl (C=O) groups excluding carboxylic acids is 2. The summed E-state index contributed by atoms with van der Waals surface area (Å²) in [5.74, 6) is -0.907. The first-order valence-electron chi connectivity index (χ1n) is 4.09. The van der Waals surface area contributed by atoms with Gasteiger partial charge < -0.3 is 4.98 Å². The van der Waals surface area contributed by atoms with E-state index < -0.39 is 0 Å². The molecule has 0 radical (unpaired) electrons. The number of aromatic nitrogens is 2. The largest absolute Gasteiger partial charge is 0.335 e. The van der Waals surface area contributed by atoms with Crippen LogP contribution in [0.5, 0.6) is 0 Å². The van der Waals surface area contributed by atoms with Crippen LogP contribution in [0.3, 0.4) is 0 Å². The summed E-state index contributed by atoms with van der Waals surface area (Å²) in [6.07, 6.45) is 0. The van der Waals surface area contributed by atoms with E-state index in [1.54, 1.807) is 6.92 Å². The summed E-state index contributed by atoms with van der Waals surface area (Å²) in [5.41, 5.74) is 0.913. The summed E-state index contributed by atoms with van der Waals surface area (Å²) < 4.78 is 0.478. The van der Waals surface area contributed by atoms with Crippen LogP contribution in [-0.4, -0.2) is 33.7 Å². The average molecular weight is 258 g/mol. The van der Waals surface area contributed by atoms with Gasteiger partial charge in [-0.25, -0.2) is 4.98 Å². The summed E-state index contributed by atoms with van der Waals surface area (Å²) in [6, 6.07) is 0. The lowest BCUT2D eigenvalue weighted by molar-refractivity contribution is -0.129. The highest BCUT2D eigenvalue weighted by molar-refractivity contribution is 9.10. The lowest BCUT2D eigenvalue weighted by Crippen LogP contribution is -2.41. The van der Waals surface area contributed by atoms with Crippen LogP contribution in [-0.2, 0) is 4.79 Å². The van der Waals surface area contributed by atoms with Crippen LogP contribution >= 0.6 is 15.9 Å². The minimum Gasteiger partial charge on any atom is -0.335 e. The highest BCUT2D eigenvalue weighted by Gasteiger charge is 2.36. The van der Waals surface area contributed by atoms with E-state index in [9.17, 15) is 9.59 Å². The third-order valence-corrected chi connectivity index (χ3v) is 2.72. The van der Waals surface area contributed by atoms with Gasteiger partial charge in [0.05, 0.1) is 11.6 Å². The molecule has 0 bridgehead atoms. The molecule has 2 heterocycles. The van der Waals surface area contributed by atoms with Crippen molar-refractivity contribution in [2.24, 2.45) is 0 Å². The topological polar surface area (TPSA) is 66.1 Å². The maximum Gasteiger partial charge on any atom is 0.280 e. The second-order valence-electron chi connectivity index (χ2n) is 3.21. The molecule has 0 spiro atoms. The van der Waals surface area contributed by atoms with Gasteiger partial charge in [0, 0.05) is 7.05 Å². The Labute approximate surface area is 88.6 Å². The number of H-pyrrole nitrogens is 1. The molecule has 1 N–H and O–H groups in total. The van der Waals surface area contributed by atoms with Crippen LogP contribution in [0.2, 0.25) is 0 Å². The third kappa shape index (κ3) is 1.10. The Morgan fingerprint density at radius 2 is 2.14 bits per heavy atom. The highest BCUT2D eigenvalue weighted by Crippen LogP contribution is 2.27. The van der Waals surface area contributed by atoms with Crippen LogP contribution in [0.4, 0.5) is 0 Å². The number of imide groups is 1. The molecule has 1 unspecified atom stereocenters. The Morgan fingerprint density at radius 1 is 1.50 bits per heavy atom. The summed E-state index contributed by atoms with van der Waals surface area (Å²) in [5, 5.41) is 0. The molecule has 1 aromatic heterocycles. The van der Waals surface area contributed by atoms with Crippen LogP contribution in [0, 0.1) is 0 Å². The van der Waals surface area contributed by atoms with Gasteiger partial charge in [-0.05, 0) is 22.9 Å². The first-order chi connectivity index (χ1) is 6.52. The SMILES string of the molecule is CC1C(=O)N(C)C(=O)c2nc(Br)[nH]c21. The number of nitrogens with one attached hydrogen (secondary N) is 1. The van der Waals surface area contributed by atoms with Crippen molar-refractivity contribution >= 4 is 27.7 Å². The van der Waals surface area contributed by atoms with E-state index in [-0.39, 0.29) is 17.7 Å². The zero-order valence-corrected chi connectivity index (χ0v) is 9.25. The number of amides is 2.